The molecule has 2 aromatic carbocycles. The molecule has 0 saturated carbocycles. The van der Waals surface area contributed by atoms with E-state index >= 15 is 0 Å². The molecule has 3 aromatic heterocycles. The number of hydrogen-bond acceptors (Lipinski definition) is 5. The van der Waals surface area contributed by atoms with E-state index in [9.17, 15) is 4.79 Å². The number of amides is 1. The van der Waals surface area contributed by atoms with Gasteiger partial charge in [-0.15, -0.1) is 0 Å². The molecule has 0 spiro atoms. The fourth-order valence-corrected chi connectivity index (χ4v) is 3.95. The number of H-pyrrole nitrogens is 1. The van der Waals surface area contributed by atoms with Crippen molar-refractivity contribution in [2.45, 2.75) is 19.4 Å². The monoisotopic (exact) mass is 460 g/mol. The minimum absolute atomic E-state index is 0.281. The Morgan fingerprint density at radius 3 is 2.76 bits per heavy atom. The van der Waals surface area contributed by atoms with E-state index in [1.54, 1.807) is 17.1 Å². The first-order valence-electron chi connectivity index (χ1n) is 10.3. The summed E-state index contributed by atoms with van der Waals surface area (Å²) in [5, 5.41) is 9.02. The predicted octanol–water partition coefficient (Wildman–Crippen LogP) is 5.19. The van der Waals surface area contributed by atoms with Crippen LogP contribution in [0.25, 0.3) is 33.5 Å². The highest BCUT2D eigenvalue weighted by molar-refractivity contribution is 6.31. The number of nitrogens with one attached hydrogen (secondary N) is 2. The zero-order valence-electron chi connectivity index (χ0n) is 18.3. The molecule has 5 aromatic rings. The quantitative estimate of drug-likeness (QED) is 0.384. The Labute approximate surface area is 194 Å². The van der Waals surface area contributed by atoms with E-state index < -0.39 is 11.6 Å². The Hall–Kier alpha value is -3.91. The third kappa shape index (κ3) is 3.89. The minimum Gasteiger partial charge on any atom is -0.406 e. The molecular formula is C24H21ClN6O2. The third-order valence-corrected chi connectivity index (χ3v) is 5.75. The van der Waals surface area contributed by atoms with Gasteiger partial charge in [0.2, 0.25) is 0 Å². The number of benzene rings is 2. The Bertz CT molecular complexity index is 1490. The second-order valence-electron chi connectivity index (χ2n) is 8.24. The average molecular weight is 461 g/mol. The first-order valence-corrected chi connectivity index (χ1v) is 10.7. The summed E-state index contributed by atoms with van der Waals surface area (Å²) in [7, 11) is 1.85. The van der Waals surface area contributed by atoms with Crippen molar-refractivity contribution in [1.82, 2.24) is 30.0 Å². The lowest BCUT2D eigenvalue weighted by molar-refractivity contribution is 0.189. The van der Waals surface area contributed by atoms with Gasteiger partial charge in [0.25, 0.3) is 0 Å². The molecule has 0 bridgehead atoms. The predicted molar refractivity (Wildman–Crippen MR) is 127 cm³/mol. The zero-order valence-corrected chi connectivity index (χ0v) is 19.0. The fourth-order valence-electron chi connectivity index (χ4n) is 3.79. The van der Waals surface area contributed by atoms with Gasteiger partial charge >= 0.3 is 6.09 Å². The number of rotatable bonds is 4. The second-order valence-corrected chi connectivity index (χ2v) is 8.68. The van der Waals surface area contributed by atoms with E-state index in [0.29, 0.717) is 27.6 Å². The van der Waals surface area contributed by atoms with Crippen LogP contribution in [0.3, 0.4) is 0 Å². The Morgan fingerprint density at radius 1 is 1.18 bits per heavy atom. The smallest absolute Gasteiger partial charge is 0.406 e. The molecule has 0 fully saturated rings. The normalized spacial score (nSPS) is 11.8. The molecule has 0 aliphatic heterocycles. The van der Waals surface area contributed by atoms with Crippen molar-refractivity contribution in [3.05, 3.63) is 71.5 Å². The van der Waals surface area contributed by atoms with Gasteiger partial charge in [-0.3, -0.25) is 4.68 Å². The maximum absolute atomic E-state index is 12.7. The van der Waals surface area contributed by atoms with Crippen molar-refractivity contribution >= 4 is 39.8 Å². The topological polar surface area (TPSA) is 97.7 Å². The highest BCUT2D eigenvalue weighted by atomic mass is 35.5. The van der Waals surface area contributed by atoms with Crippen molar-refractivity contribution in [2.24, 2.45) is 7.05 Å². The van der Waals surface area contributed by atoms with Gasteiger partial charge in [0, 0.05) is 23.7 Å². The number of carbonyl (C=O) groups is 1. The van der Waals surface area contributed by atoms with Gasteiger partial charge in [0.15, 0.2) is 16.9 Å². The van der Waals surface area contributed by atoms with Crippen molar-refractivity contribution in [2.75, 3.05) is 0 Å². The molecule has 2 N–H and O–H groups in total. The molecule has 5 rings (SSSR count). The minimum atomic E-state index is -0.616. The maximum atomic E-state index is 12.7. The van der Waals surface area contributed by atoms with Gasteiger partial charge in [-0.05, 0) is 37.6 Å². The van der Waals surface area contributed by atoms with Crippen LogP contribution in [0.2, 0.25) is 5.02 Å². The van der Waals surface area contributed by atoms with Gasteiger partial charge in [-0.2, -0.15) is 5.10 Å². The van der Waals surface area contributed by atoms with E-state index in [1.165, 1.54) is 0 Å². The number of aromatic amines is 1. The van der Waals surface area contributed by atoms with Crippen LogP contribution >= 0.6 is 11.6 Å². The number of halogens is 1. The number of ether oxygens (including phenoxy) is 1. The summed E-state index contributed by atoms with van der Waals surface area (Å²) >= 11 is 6.14. The number of carbonyl (C=O) groups excluding carboxylic acids is 1. The summed E-state index contributed by atoms with van der Waals surface area (Å²) in [5.41, 5.74) is 3.40. The molecule has 9 heteroatoms. The van der Waals surface area contributed by atoms with Crippen molar-refractivity contribution in [3.8, 4) is 17.1 Å². The fraction of sp³-hybridized carbons (Fsp3) is 0.167. The summed E-state index contributed by atoms with van der Waals surface area (Å²) in [4.78, 5) is 24.8. The van der Waals surface area contributed by atoms with E-state index in [0.717, 1.165) is 16.5 Å². The SMILES string of the molecule is Cn1nc(-c2cnc3[nH]cc(OC(=O)NC(C)(C)c4ccccc4)c3n2)c2ccc(Cl)cc21. The van der Waals surface area contributed by atoms with Gasteiger partial charge < -0.3 is 15.0 Å². The van der Waals surface area contributed by atoms with Crippen LogP contribution in [0.5, 0.6) is 5.75 Å². The number of aryl methyl sites for hydroxylation is 1. The number of nitrogens with zero attached hydrogens (tertiary/aromatic N) is 4. The van der Waals surface area contributed by atoms with Crippen LogP contribution in [0.4, 0.5) is 4.79 Å². The third-order valence-electron chi connectivity index (χ3n) is 5.51. The van der Waals surface area contributed by atoms with E-state index in [4.69, 9.17) is 21.3 Å². The van der Waals surface area contributed by atoms with Crippen LogP contribution in [-0.2, 0) is 12.6 Å². The first kappa shape index (κ1) is 21.0. The molecule has 0 atom stereocenters. The average Bonchev–Trinajstić information content (AvgIpc) is 3.34. The zero-order chi connectivity index (χ0) is 23.2. The van der Waals surface area contributed by atoms with E-state index in [2.05, 4.69) is 20.4 Å². The molecule has 1 amide bonds. The van der Waals surface area contributed by atoms with Gasteiger partial charge in [-0.1, -0.05) is 41.9 Å². The molecule has 0 unspecified atom stereocenters. The summed E-state index contributed by atoms with van der Waals surface area (Å²) in [5.74, 6) is 0.281. The highest BCUT2D eigenvalue weighted by Crippen LogP contribution is 2.31. The first-order chi connectivity index (χ1) is 15.8. The molecule has 3 heterocycles. The second kappa shape index (κ2) is 7.90. The number of hydrogen-bond donors (Lipinski definition) is 2. The van der Waals surface area contributed by atoms with Crippen LogP contribution in [0, 0.1) is 0 Å². The van der Waals surface area contributed by atoms with Crippen molar-refractivity contribution in [1.29, 1.82) is 0 Å². The highest BCUT2D eigenvalue weighted by Gasteiger charge is 2.25. The summed E-state index contributed by atoms with van der Waals surface area (Å²) in [6.07, 6.45) is 2.62. The van der Waals surface area contributed by atoms with Gasteiger partial charge in [-0.25, -0.2) is 14.8 Å². The van der Waals surface area contributed by atoms with Crippen LogP contribution in [0.15, 0.2) is 60.9 Å². The summed E-state index contributed by atoms with van der Waals surface area (Å²) in [6, 6.07) is 15.3. The Morgan fingerprint density at radius 2 is 1.97 bits per heavy atom. The molecule has 166 valence electrons. The Balaban J connectivity index is 1.45. The Kier molecular flexibility index (Phi) is 5.02. The van der Waals surface area contributed by atoms with Gasteiger partial charge in [0.05, 0.1) is 17.3 Å². The van der Waals surface area contributed by atoms with Crippen molar-refractivity contribution in [3.63, 3.8) is 0 Å². The van der Waals surface area contributed by atoms with Gasteiger partial charge in [0.1, 0.15) is 11.4 Å². The molecule has 0 aliphatic rings. The molecule has 0 aliphatic carbocycles. The molecule has 0 radical (unpaired) electrons. The lowest BCUT2D eigenvalue weighted by atomic mass is 9.95. The number of fused-ring (bicyclic) bond motifs is 2. The maximum Gasteiger partial charge on any atom is 0.413 e. The molecule has 8 nitrogen and oxygen atoms in total. The molecule has 0 saturated heterocycles. The standard InChI is InChI=1S/C24H21ClN6O2/c1-24(2,14-7-5-4-6-8-14)29-23(32)33-19-13-27-22-21(19)28-17(12-26-22)20-16-10-9-15(25)11-18(16)31(3)30-20/h4-13H,1-3H3,(H,26,27)(H,29,32). The van der Waals surface area contributed by atoms with Crippen LogP contribution < -0.4 is 10.1 Å². The van der Waals surface area contributed by atoms with E-state index in [1.807, 2.05) is 69.4 Å². The van der Waals surface area contributed by atoms with Crippen molar-refractivity contribution < 1.29 is 9.53 Å². The lowest BCUT2D eigenvalue weighted by Gasteiger charge is -2.26. The summed E-state index contributed by atoms with van der Waals surface area (Å²) < 4.78 is 7.34. The largest absolute Gasteiger partial charge is 0.413 e. The number of aromatic nitrogens is 5. The summed E-state index contributed by atoms with van der Waals surface area (Å²) in [6.45, 7) is 3.82. The van der Waals surface area contributed by atoms with E-state index in [-0.39, 0.29) is 5.75 Å². The van der Waals surface area contributed by atoms with Crippen LogP contribution in [0.1, 0.15) is 19.4 Å². The molecular weight excluding hydrogens is 440 g/mol. The lowest BCUT2D eigenvalue weighted by Crippen LogP contribution is -2.42. The molecule has 33 heavy (non-hydrogen) atoms. The van der Waals surface area contributed by atoms with Crippen LogP contribution in [-0.4, -0.2) is 30.8 Å².